The Morgan fingerprint density at radius 2 is 1.44 bits per heavy atom. The molecule has 2 N–H and O–H groups in total. The van der Waals surface area contributed by atoms with Gasteiger partial charge in [-0.05, 0) is 18.3 Å². The van der Waals surface area contributed by atoms with Crippen molar-refractivity contribution in [3.05, 3.63) is 0 Å². The Balaban J connectivity index is 5.62. The molecule has 0 aromatic heterocycles. The lowest BCUT2D eigenvalue weighted by molar-refractivity contribution is -0.169. The second-order valence-corrected chi connectivity index (χ2v) is 5.31. The Hall–Kier alpha value is -1.06. The quantitative estimate of drug-likeness (QED) is 0.761. The van der Waals surface area contributed by atoms with Crippen LogP contribution >= 0.6 is 0 Å². The maximum Gasteiger partial charge on any atom is 0.310 e. The summed E-state index contributed by atoms with van der Waals surface area (Å²) in [5, 5.41) is 18.6. The van der Waals surface area contributed by atoms with E-state index in [1.807, 2.05) is 0 Å². The molecule has 1 unspecified atom stereocenters. The SMILES string of the molecule is CCC(CC)(C(=O)O)C(C(=O)O)C(C)(C)C. The van der Waals surface area contributed by atoms with Crippen LogP contribution in [0.4, 0.5) is 0 Å². The highest BCUT2D eigenvalue weighted by atomic mass is 16.4. The average molecular weight is 230 g/mol. The molecule has 0 rings (SSSR count). The van der Waals surface area contributed by atoms with E-state index in [2.05, 4.69) is 0 Å². The minimum Gasteiger partial charge on any atom is -0.481 e. The molecule has 4 heteroatoms. The summed E-state index contributed by atoms with van der Waals surface area (Å²) >= 11 is 0. The third-order valence-electron chi connectivity index (χ3n) is 3.35. The van der Waals surface area contributed by atoms with Gasteiger partial charge in [-0.15, -0.1) is 0 Å². The van der Waals surface area contributed by atoms with E-state index in [1.165, 1.54) is 0 Å². The van der Waals surface area contributed by atoms with Crippen LogP contribution in [0.15, 0.2) is 0 Å². The summed E-state index contributed by atoms with van der Waals surface area (Å²) < 4.78 is 0. The van der Waals surface area contributed by atoms with E-state index < -0.39 is 28.7 Å². The van der Waals surface area contributed by atoms with Gasteiger partial charge in [0.25, 0.3) is 0 Å². The van der Waals surface area contributed by atoms with Crippen molar-refractivity contribution in [2.45, 2.75) is 47.5 Å². The molecule has 0 amide bonds. The average Bonchev–Trinajstić information content (AvgIpc) is 2.10. The molecule has 0 saturated carbocycles. The van der Waals surface area contributed by atoms with Gasteiger partial charge in [0, 0.05) is 0 Å². The van der Waals surface area contributed by atoms with Crippen LogP contribution in [0.1, 0.15) is 47.5 Å². The predicted octanol–water partition coefficient (Wildman–Crippen LogP) is 2.62. The Labute approximate surface area is 96.7 Å². The molecule has 0 aliphatic heterocycles. The minimum atomic E-state index is -1.18. The first kappa shape index (κ1) is 14.9. The Kier molecular flexibility index (Phi) is 4.53. The number of carbonyl (C=O) groups is 2. The van der Waals surface area contributed by atoms with Crippen molar-refractivity contribution in [1.29, 1.82) is 0 Å². The summed E-state index contributed by atoms with van der Waals surface area (Å²) in [7, 11) is 0. The fraction of sp³-hybridized carbons (Fsp3) is 0.833. The van der Waals surface area contributed by atoms with Crippen molar-refractivity contribution in [2.24, 2.45) is 16.7 Å². The normalized spacial score (nSPS) is 14.6. The van der Waals surface area contributed by atoms with Crippen molar-refractivity contribution >= 4 is 11.9 Å². The number of carboxylic acids is 2. The van der Waals surface area contributed by atoms with E-state index in [4.69, 9.17) is 0 Å². The zero-order chi connectivity index (χ0) is 13.1. The van der Waals surface area contributed by atoms with Gasteiger partial charge in [-0.25, -0.2) is 0 Å². The molecule has 0 saturated heterocycles. The first-order valence-electron chi connectivity index (χ1n) is 5.59. The van der Waals surface area contributed by atoms with Gasteiger partial charge in [-0.2, -0.15) is 0 Å². The van der Waals surface area contributed by atoms with Crippen molar-refractivity contribution in [1.82, 2.24) is 0 Å². The molecular weight excluding hydrogens is 208 g/mol. The predicted molar refractivity (Wildman–Crippen MR) is 61.2 cm³/mol. The fourth-order valence-electron chi connectivity index (χ4n) is 2.52. The summed E-state index contributed by atoms with van der Waals surface area (Å²) in [6.07, 6.45) is 0.653. The number of hydrogen-bond donors (Lipinski definition) is 2. The largest absolute Gasteiger partial charge is 0.481 e. The van der Waals surface area contributed by atoms with Gasteiger partial charge in [0.05, 0.1) is 11.3 Å². The van der Waals surface area contributed by atoms with Gasteiger partial charge in [0.15, 0.2) is 0 Å². The lowest BCUT2D eigenvalue weighted by Gasteiger charge is -2.40. The molecule has 0 aliphatic rings. The fourth-order valence-corrected chi connectivity index (χ4v) is 2.52. The van der Waals surface area contributed by atoms with Crippen molar-refractivity contribution in [2.75, 3.05) is 0 Å². The van der Waals surface area contributed by atoms with Gasteiger partial charge in [-0.3, -0.25) is 9.59 Å². The van der Waals surface area contributed by atoms with Crippen LogP contribution in [0.3, 0.4) is 0 Å². The highest BCUT2D eigenvalue weighted by Gasteiger charge is 2.52. The zero-order valence-corrected chi connectivity index (χ0v) is 10.7. The van der Waals surface area contributed by atoms with E-state index in [-0.39, 0.29) is 0 Å². The number of hydrogen-bond acceptors (Lipinski definition) is 2. The molecule has 94 valence electrons. The molecule has 0 spiro atoms. The zero-order valence-electron chi connectivity index (χ0n) is 10.7. The van der Waals surface area contributed by atoms with E-state index in [1.54, 1.807) is 34.6 Å². The highest BCUT2D eigenvalue weighted by molar-refractivity contribution is 5.84. The topological polar surface area (TPSA) is 74.6 Å². The maximum atomic E-state index is 11.4. The van der Waals surface area contributed by atoms with Gasteiger partial charge >= 0.3 is 11.9 Å². The smallest absolute Gasteiger partial charge is 0.310 e. The molecule has 16 heavy (non-hydrogen) atoms. The van der Waals surface area contributed by atoms with Crippen LogP contribution < -0.4 is 0 Å². The number of aliphatic carboxylic acids is 2. The summed E-state index contributed by atoms with van der Waals surface area (Å²) in [6.45, 7) is 8.79. The van der Waals surface area contributed by atoms with E-state index in [0.29, 0.717) is 12.8 Å². The third kappa shape index (κ3) is 2.54. The van der Waals surface area contributed by atoms with E-state index in [9.17, 15) is 19.8 Å². The molecule has 0 fully saturated rings. The summed E-state index contributed by atoms with van der Waals surface area (Å²) in [5.41, 5.74) is -1.75. The Morgan fingerprint density at radius 1 is 1.06 bits per heavy atom. The van der Waals surface area contributed by atoms with Gasteiger partial charge in [0.1, 0.15) is 0 Å². The lowest BCUT2D eigenvalue weighted by Crippen LogP contribution is -2.48. The third-order valence-corrected chi connectivity index (χ3v) is 3.35. The maximum absolute atomic E-state index is 11.4. The first-order valence-corrected chi connectivity index (χ1v) is 5.59. The first-order chi connectivity index (χ1) is 7.13. The second kappa shape index (κ2) is 4.85. The molecule has 0 aromatic rings. The second-order valence-electron chi connectivity index (χ2n) is 5.31. The van der Waals surface area contributed by atoms with Crippen molar-refractivity contribution < 1.29 is 19.8 Å². The van der Waals surface area contributed by atoms with Crippen LogP contribution in [0.25, 0.3) is 0 Å². The van der Waals surface area contributed by atoms with Gasteiger partial charge < -0.3 is 10.2 Å². The molecule has 0 aliphatic carbocycles. The van der Waals surface area contributed by atoms with Crippen molar-refractivity contribution in [3.8, 4) is 0 Å². The van der Waals surface area contributed by atoms with Crippen LogP contribution in [-0.2, 0) is 9.59 Å². The van der Waals surface area contributed by atoms with E-state index >= 15 is 0 Å². The molecule has 0 radical (unpaired) electrons. The van der Waals surface area contributed by atoms with Gasteiger partial charge in [-0.1, -0.05) is 34.6 Å². The highest BCUT2D eigenvalue weighted by Crippen LogP contribution is 2.45. The van der Waals surface area contributed by atoms with E-state index in [0.717, 1.165) is 0 Å². The molecule has 0 bridgehead atoms. The number of carboxylic acid groups (broad SMARTS) is 2. The number of rotatable bonds is 5. The van der Waals surface area contributed by atoms with Crippen LogP contribution in [-0.4, -0.2) is 22.2 Å². The van der Waals surface area contributed by atoms with Crippen LogP contribution in [0, 0.1) is 16.7 Å². The van der Waals surface area contributed by atoms with Crippen LogP contribution in [0.5, 0.6) is 0 Å². The van der Waals surface area contributed by atoms with Crippen LogP contribution in [0.2, 0.25) is 0 Å². The standard InChI is InChI=1S/C12H22O4/c1-6-12(7-2,10(15)16)8(9(13)14)11(3,4)5/h8H,6-7H2,1-5H3,(H,13,14)(H,15,16). The lowest BCUT2D eigenvalue weighted by atomic mass is 9.61. The molecule has 1 atom stereocenters. The molecule has 0 aromatic carbocycles. The molecule has 4 nitrogen and oxygen atoms in total. The summed E-state index contributed by atoms with van der Waals surface area (Å²) in [6, 6.07) is 0. The van der Waals surface area contributed by atoms with Crippen molar-refractivity contribution in [3.63, 3.8) is 0 Å². The summed E-state index contributed by atoms with van der Waals surface area (Å²) in [4.78, 5) is 22.8. The molecule has 0 heterocycles. The monoisotopic (exact) mass is 230 g/mol. The summed E-state index contributed by atoms with van der Waals surface area (Å²) in [5.74, 6) is -2.93. The Bertz CT molecular complexity index is 271. The molecular formula is C12H22O4. The minimum absolute atomic E-state index is 0.326. The Morgan fingerprint density at radius 3 is 1.50 bits per heavy atom. The van der Waals surface area contributed by atoms with Gasteiger partial charge in [0.2, 0.25) is 0 Å².